The summed E-state index contributed by atoms with van der Waals surface area (Å²) in [6.07, 6.45) is -2.01. The molecule has 138 valence electrons. The fraction of sp³-hybridized carbons (Fsp3) is 0.706. The molecular formula is C17H24F2N4O2. The highest BCUT2D eigenvalue weighted by molar-refractivity contribution is 5.69. The minimum Gasteiger partial charge on any atom is -0.444 e. The van der Waals surface area contributed by atoms with Gasteiger partial charge in [0.05, 0.1) is 0 Å². The van der Waals surface area contributed by atoms with E-state index in [-0.39, 0.29) is 17.2 Å². The summed E-state index contributed by atoms with van der Waals surface area (Å²) in [5, 5.41) is 0. The Bertz CT molecular complexity index is 669. The SMILES string of the molecule is Cc1nc(C(F)F)cc(N2CC3(CCN(C(=O)OC(C)(C)C)C3)C2)n1. The van der Waals surface area contributed by atoms with Gasteiger partial charge >= 0.3 is 6.09 Å². The molecule has 1 amide bonds. The third-order valence-corrected chi connectivity index (χ3v) is 4.53. The molecule has 0 atom stereocenters. The first-order valence-electron chi connectivity index (χ1n) is 8.44. The van der Waals surface area contributed by atoms with Gasteiger partial charge in [0, 0.05) is 37.7 Å². The second-order valence-electron chi connectivity index (χ2n) is 8.01. The van der Waals surface area contributed by atoms with Gasteiger partial charge in [-0.3, -0.25) is 0 Å². The second kappa shape index (κ2) is 6.07. The molecule has 0 aliphatic carbocycles. The predicted molar refractivity (Wildman–Crippen MR) is 88.8 cm³/mol. The molecule has 8 heteroatoms. The smallest absolute Gasteiger partial charge is 0.410 e. The van der Waals surface area contributed by atoms with Crippen LogP contribution in [0.4, 0.5) is 19.4 Å². The zero-order chi connectivity index (χ0) is 18.4. The number of ether oxygens (including phenoxy) is 1. The number of carbonyl (C=O) groups excluding carboxylic acids is 1. The van der Waals surface area contributed by atoms with Crippen LogP contribution in [-0.4, -0.2) is 52.7 Å². The average Bonchev–Trinajstić information content (AvgIpc) is 2.88. The number of amides is 1. The average molecular weight is 354 g/mol. The van der Waals surface area contributed by atoms with Crippen molar-refractivity contribution in [3.63, 3.8) is 0 Å². The first kappa shape index (κ1) is 17.8. The van der Waals surface area contributed by atoms with Crippen LogP contribution in [0.5, 0.6) is 0 Å². The van der Waals surface area contributed by atoms with Crippen LogP contribution < -0.4 is 4.90 Å². The van der Waals surface area contributed by atoms with E-state index in [2.05, 4.69) is 9.97 Å². The van der Waals surface area contributed by atoms with Gasteiger partial charge in [0.1, 0.15) is 22.9 Å². The molecule has 0 N–H and O–H groups in total. The maximum absolute atomic E-state index is 12.9. The molecule has 1 spiro atoms. The van der Waals surface area contributed by atoms with Gasteiger partial charge < -0.3 is 14.5 Å². The molecule has 0 bridgehead atoms. The van der Waals surface area contributed by atoms with E-state index in [4.69, 9.17) is 4.74 Å². The van der Waals surface area contributed by atoms with Crippen molar-refractivity contribution in [2.75, 3.05) is 31.1 Å². The van der Waals surface area contributed by atoms with Crippen molar-refractivity contribution in [3.05, 3.63) is 17.6 Å². The zero-order valence-corrected chi connectivity index (χ0v) is 15.1. The molecule has 0 aromatic carbocycles. The Morgan fingerprint density at radius 1 is 1.28 bits per heavy atom. The van der Waals surface area contributed by atoms with E-state index < -0.39 is 12.0 Å². The van der Waals surface area contributed by atoms with Gasteiger partial charge in [-0.25, -0.2) is 23.5 Å². The first-order valence-corrected chi connectivity index (χ1v) is 8.44. The van der Waals surface area contributed by atoms with Crippen molar-refractivity contribution >= 4 is 11.9 Å². The Morgan fingerprint density at radius 3 is 2.56 bits per heavy atom. The summed E-state index contributed by atoms with van der Waals surface area (Å²) in [7, 11) is 0. The number of nitrogens with zero attached hydrogens (tertiary/aromatic N) is 4. The van der Waals surface area contributed by atoms with Gasteiger partial charge in [0.15, 0.2) is 0 Å². The van der Waals surface area contributed by atoms with Crippen LogP contribution >= 0.6 is 0 Å². The topological polar surface area (TPSA) is 58.6 Å². The predicted octanol–water partition coefficient (Wildman–Crippen LogP) is 3.17. The summed E-state index contributed by atoms with van der Waals surface area (Å²) >= 11 is 0. The Hall–Kier alpha value is -1.99. The molecular weight excluding hydrogens is 330 g/mol. The monoisotopic (exact) mass is 354 g/mol. The van der Waals surface area contributed by atoms with Crippen molar-refractivity contribution in [2.45, 2.75) is 46.1 Å². The molecule has 1 aromatic heterocycles. The number of anilines is 1. The third-order valence-electron chi connectivity index (χ3n) is 4.53. The highest BCUT2D eigenvalue weighted by Gasteiger charge is 2.49. The van der Waals surface area contributed by atoms with Gasteiger partial charge in [0.25, 0.3) is 6.43 Å². The first-order chi connectivity index (χ1) is 11.6. The molecule has 2 aliphatic rings. The van der Waals surface area contributed by atoms with Crippen LogP contribution in [0, 0.1) is 12.3 Å². The number of aryl methyl sites for hydroxylation is 1. The lowest BCUT2D eigenvalue weighted by Crippen LogP contribution is -2.58. The van der Waals surface area contributed by atoms with Gasteiger partial charge in [-0.1, -0.05) is 0 Å². The van der Waals surface area contributed by atoms with Crippen LogP contribution in [0.2, 0.25) is 0 Å². The lowest BCUT2D eigenvalue weighted by molar-refractivity contribution is 0.0265. The van der Waals surface area contributed by atoms with Gasteiger partial charge in [-0.15, -0.1) is 0 Å². The molecule has 0 unspecified atom stereocenters. The van der Waals surface area contributed by atoms with E-state index in [0.717, 1.165) is 6.42 Å². The van der Waals surface area contributed by atoms with Gasteiger partial charge in [0.2, 0.25) is 0 Å². The van der Waals surface area contributed by atoms with E-state index >= 15 is 0 Å². The van der Waals surface area contributed by atoms with E-state index in [9.17, 15) is 13.6 Å². The molecule has 1 aromatic rings. The van der Waals surface area contributed by atoms with E-state index in [1.807, 2.05) is 25.7 Å². The third kappa shape index (κ3) is 3.82. The molecule has 2 aliphatic heterocycles. The summed E-state index contributed by atoms with van der Waals surface area (Å²) in [4.78, 5) is 23.9. The number of aromatic nitrogens is 2. The highest BCUT2D eigenvalue weighted by atomic mass is 19.3. The van der Waals surface area contributed by atoms with Gasteiger partial charge in [-0.2, -0.15) is 0 Å². The maximum atomic E-state index is 12.9. The van der Waals surface area contributed by atoms with Crippen LogP contribution in [0.15, 0.2) is 6.07 Å². The van der Waals surface area contributed by atoms with Crippen molar-refractivity contribution in [1.82, 2.24) is 14.9 Å². The standard InChI is InChI=1S/C17H24F2N4O2/c1-11-20-12(14(18)19)7-13(21-11)23-9-17(10-23)5-6-22(8-17)15(24)25-16(2,3)4/h7,14H,5-6,8-10H2,1-4H3. The number of hydrogen-bond donors (Lipinski definition) is 0. The van der Waals surface area contributed by atoms with Crippen molar-refractivity contribution in [3.8, 4) is 0 Å². The number of likely N-dealkylation sites (tertiary alicyclic amines) is 1. The van der Waals surface area contributed by atoms with Crippen LogP contribution in [0.3, 0.4) is 0 Å². The van der Waals surface area contributed by atoms with Crippen LogP contribution in [0.1, 0.15) is 45.1 Å². The molecule has 3 heterocycles. The summed E-state index contributed by atoms with van der Waals surface area (Å²) in [6.45, 7) is 9.85. The summed E-state index contributed by atoms with van der Waals surface area (Å²) in [5.74, 6) is 0.875. The minimum absolute atomic E-state index is 0.000747. The number of carbonyl (C=O) groups is 1. The molecule has 2 saturated heterocycles. The second-order valence-corrected chi connectivity index (χ2v) is 8.01. The van der Waals surface area contributed by atoms with Crippen LogP contribution in [0.25, 0.3) is 0 Å². The molecule has 2 fully saturated rings. The minimum atomic E-state index is -2.61. The molecule has 3 rings (SSSR count). The van der Waals surface area contributed by atoms with Crippen molar-refractivity contribution in [2.24, 2.45) is 5.41 Å². The fourth-order valence-electron chi connectivity index (χ4n) is 3.45. The van der Waals surface area contributed by atoms with Gasteiger partial charge in [-0.05, 0) is 34.1 Å². The Morgan fingerprint density at radius 2 is 1.96 bits per heavy atom. The molecule has 0 radical (unpaired) electrons. The van der Waals surface area contributed by atoms with E-state index in [1.165, 1.54) is 6.07 Å². The van der Waals surface area contributed by atoms with E-state index in [1.54, 1.807) is 11.8 Å². The Labute approximate surface area is 146 Å². The largest absolute Gasteiger partial charge is 0.444 e. The Kier molecular flexibility index (Phi) is 4.33. The normalized spacial score (nSPS) is 19.5. The zero-order valence-electron chi connectivity index (χ0n) is 15.1. The molecule has 6 nitrogen and oxygen atoms in total. The van der Waals surface area contributed by atoms with Crippen molar-refractivity contribution in [1.29, 1.82) is 0 Å². The molecule has 25 heavy (non-hydrogen) atoms. The van der Waals surface area contributed by atoms with Crippen LogP contribution in [-0.2, 0) is 4.74 Å². The highest BCUT2D eigenvalue weighted by Crippen LogP contribution is 2.42. The maximum Gasteiger partial charge on any atom is 0.410 e. The fourth-order valence-corrected chi connectivity index (χ4v) is 3.45. The summed E-state index contributed by atoms with van der Waals surface area (Å²) in [6, 6.07) is 1.35. The lowest BCUT2D eigenvalue weighted by atomic mass is 9.79. The summed E-state index contributed by atoms with van der Waals surface area (Å²) in [5.41, 5.74) is -0.756. The lowest BCUT2D eigenvalue weighted by Gasteiger charge is -2.48. The molecule has 0 saturated carbocycles. The quantitative estimate of drug-likeness (QED) is 0.816. The number of halogens is 2. The summed E-state index contributed by atoms with van der Waals surface area (Å²) < 4.78 is 31.3. The Balaban J connectivity index is 1.62. The van der Waals surface area contributed by atoms with Crippen molar-refractivity contribution < 1.29 is 18.3 Å². The number of alkyl halides is 2. The number of rotatable bonds is 2. The number of hydrogen-bond acceptors (Lipinski definition) is 5. The van der Waals surface area contributed by atoms with E-state index in [0.29, 0.717) is 37.8 Å².